The van der Waals surface area contributed by atoms with Gasteiger partial charge in [0.2, 0.25) is 0 Å². The Labute approximate surface area is 76.4 Å². The molecule has 0 saturated heterocycles. The predicted octanol–water partition coefficient (Wildman–Crippen LogP) is 2.56. The van der Waals surface area contributed by atoms with Gasteiger partial charge in [-0.15, -0.1) is 0 Å². The van der Waals surface area contributed by atoms with Gasteiger partial charge in [-0.25, -0.2) is 0 Å². The first-order chi connectivity index (χ1) is 4.64. The number of rotatable bonds is 1. The van der Waals surface area contributed by atoms with E-state index in [2.05, 4.69) is 31.9 Å². The fraction of sp³-hybridized carbons (Fsp3) is 0.286. The topological polar surface area (TPSA) is 17.1 Å². The molecule has 10 heavy (non-hydrogen) atoms. The third-order valence-electron chi connectivity index (χ3n) is 1.21. The second-order valence-electron chi connectivity index (χ2n) is 2.13. The number of allylic oxidation sites excluding steroid dienone is 4. The first kappa shape index (κ1) is 8.21. The summed E-state index contributed by atoms with van der Waals surface area (Å²) in [4.78, 5) is 10.3. The fourth-order valence-electron chi connectivity index (χ4n) is 0.776. The monoisotopic (exact) mass is 264 g/mol. The van der Waals surface area contributed by atoms with Gasteiger partial charge in [0.1, 0.15) is 9.52 Å². The fourth-order valence-corrected chi connectivity index (χ4v) is 1.68. The number of hydrogen-bond acceptors (Lipinski definition) is 1. The Balaban J connectivity index is 2.84. The van der Waals surface area contributed by atoms with Crippen LogP contribution in [0.4, 0.5) is 0 Å². The molecule has 0 radical (unpaired) electrons. The van der Waals surface area contributed by atoms with Crippen LogP contribution in [0.15, 0.2) is 23.8 Å². The molecular formula is C7H6Br2O. The molecule has 1 rings (SSSR count). The van der Waals surface area contributed by atoms with Crippen molar-refractivity contribution in [3.8, 4) is 0 Å². The highest BCUT2D eigenvalue weighted by molar-refractivity contribution is 9.25. The van der Waals surface area contributed by atoms with Gasteiger partial charge in [0.25, 0.3) is 0 Å². The molecule has 0 N–H and O–H groups in total. The van der Waals surface area contributed by atoms with Crippen molar-refractivity contribution in [1.29, 1.82) is 0 Å². The number of hydrogen-bond donors (Lipinski definition) is 0. The van der Waals surface area contributed by atoms with Crippen LogP contribution in [0, 0.1) is 0 Å². The smallest absolute Gasteiger partial charge is 0.149 e. The van der Waals surface area contributed by atoms with Gasteiger partial charge in [-0.2, -0.15) is 0 Å². The minimum atomic E-state index is -0.203. The van der Waals surface area contributed by atoms with Crippen molar-refractivity contribution in [2.75, 3.05) is 0 Å². The van der Waals surface area contributed by atoms with Gasteiger partial charge in [0.05, 0.1) is 0 Å². The summed E-state index contributed by atoms with van der Waals surface area (Å²) in [5, 5.41) is 0. The van der Waals surface area contributed by atoms with Crippen molar-refractivity contribution in [3.05, 3.63) is 23.8 Å². The molecule has 0 amide bonds. The van der Waals surface area contributed by atoms with E-state index < -0.39 is 0 Å². The van der Waals surface area contributed by atoms with Crippen LogP contribution in [0.3, 0.4) is 0 Å². The zero-order valence-electron chi connectivity index (χ0n) is 5.18. The lowest BCUT2D eigenvalue weighted by atomic mass is 10.1. The first-order valence-corrected chi connectivity index (χ1v) is 4.45. The summed E-state index contributed by atoms with van der Waals surface area (Å²) in [6.07, 6.45) is 7.32. The second-order valence-corrected chi connectivity index (χ2v) is 6.02. The molecule has 0 saturated carbocycles. The molecule has 0 unspecified atom stereocenters. The van der Waals surface area contributed by atoms with Gasteiger partial charge in [0.15, 0.2) is 0 Å². The molecule has 0 fully saturated rings. The minimum absolute atomic E-state index is 0.203. The average Bonchev–Trinajstić information content (AvgIpc) is 1.86. The van der Waals surface area contributed by atoms with E-state index in [-0.39, 0.29) is 3.23 Å². The second kappa shape index (κ2) is 3.01. The van der Waals surface area contributed by atoms with Crippen molar-refractivity contribution < 1.29 is 4.79 Å². The maximum Gasteiger partial charge on any atom is 0.149 e. The number of halogens is 2. The largest absolute Gasteiger partial charge is 0.298 e. The van der Waals surface area contributed by atoms with Crippen LogP contribution >= 0.6 is 31.9 Å². The van der Waals surface area contributed by atoms with E-state index in [4.69, 9.17) is 0 Å². The molecule has 1 aliphatic carbocycles. The first-order valence-electron chi connectivity index (χ1n) is 2.86. The summed E-state index contributed by atoms with van der Waals surface area (Å²) in [6, 6.07) is 0. The van der Waals surface area contributed by atoms with Crippen molar-refractivity contribution in [1.82, 2.24) is 0 Å². The molecule has 54 valence electrons. The van der Waals surface area contributed by atoms with E-state index in [0.29, 0.717) is 5.57 Å². The zero-order valence-corrected chi connectivity index (χ0v) is 8.35. The molecule has 0 aromatic rings. The quantitative estimate of drug-likeness (QED) is 0.526. The molecule has 0 aromatic heterocycles. The Hall–Kier alpha value is 0.110. The van der Waals surface area contributed by atoms with Gasteiger partial charge in [-0.05, 0) is 12.5 Å². The molecule has 0 aliphatic heterocycles. The highest BCUT2D eigenvalue weighted by atomic mass is 79.9. The molecule has 0 bridgehead atoms. The predicted molar refractivity (Wildman–Crippen MR) is 48.5 cm³/mol. The maximum atomic E-state index is 10.3. The Kier molecular flexibility index (Phi) is 2.47. The summed E-state index contributed by atoms with van der Waals surface area (Å²) in [5.41, 5.74) is 0.708. The van der Waals surface area contributed by atoms with E-state index in [1.807, 2.05) is 18.2 Å². The van der Waals surface area contributed by atoms with E-state index in [1.165, 1.54) is 0 Å². The summed E-state index contributed by atoms with van der Waals surface area (Å²) in [5.74, 6) is 0. The van der Waals surface area contributed by atoms with Gasteiger partial charge in [0, 0.05) is 5.57 Å². The Bertz CT molecular complexity index is 204. The SMILES string of the molecule is O=CC1=CC(Br)(Br)CC=C1. The van der Waals surface area contributed by atoms with Gasteiger partial charge >= 0.3 is 0 Å². The van der Waals surface area contributed by atoms with Crippen LogP contribution in [-0.2, 0) is 4.79 Å². The van der Waals surface area contributed by atoms with Crippen LogP contribution in [0.1, 0.15) is 6.42 Å². The van der Waals surface area contributed by atoms with Gasteiger partial charge in [-0.1, -0.05) is 44.0 Å². The molecule has 0 spiro atoms. The van der Waals surface area contributed by atoms with E-state index >= 15 is 0 Å². The number of aldehydes is 1. The Morgan fingerprint density at radius 2 is 2.30 bits per heavy atom. The molecule has 0 heterocycles. The van der Waals surface area contributed by atoms with Gasteiger partial charge in [-0.3, -0.25) is 4.79 Å². The normalized spacial score (nSPS) is 22.0. The molecule has 0 aromatic carbocycles. The standard InChI is InChI=1S/C7H6Br2O/c8-7(9)3-1-2-6(4-7)5-10/h1-2,4-5H,3H2. The number of carbonyl (C=O) groups is 1. The minimum Gasteiger partial charge on any atom is -0.298 e. The van der Waals surface area contributed by atoms with Gasteiger partial charge < -0.3 is 0 Å². The maximum absolute atomic E-state index is 10.3. The highest BCUT2D eigenvalue weighted by Crippen LogP contribution is 2.35. The van der Waals surface area contributed by atoms with E-state index in [0.717, 1.165) is 12.7 Å². The van der Waals surface area contributed by atoms with E-state index in [9.17, 15) is 4.79 Å². The third kappa shape index (κ3) is 2.06. The lowest BCUT2D eigenvalue weighted by Crippen LogP contribution is -2.09. The highest BCUT2D eigenvalue weighted by Gasteiger charge is 2.20. The number of carbonyl (C=O) groups excluding carboxylic acids is 1. The lowest BCUT2D eigenvalue weighted by molar-refractivity contribution is -0.104. The van der Waals surface area contributed by atoms with Crippen LogP contribution < -0.4 is 0 Å². The van der Waals surface area contributed by atoms with Crippen LogP contribution in [-0.4, -0.2) is 9.52 Å². The Morgan fingerprint density at radius 3 is 2.70 bits per heavy atom. The number of alkyl halides is 2. The molecule has 0 atom stereocenters. The summed E-state index contributed by atoms with van der Waals surface area (Å²) in [7, 11) is 0. The summed E-state index contributed by atoms with van der Waals surface area (Å²) in [6.45, 7) is 0. The molecular weight excluding hydrogens is 260 g/mol. The van der Waals surface area contributed by atoms with Crippen molar-refractivity contribution in [2.45, 2.75) is 9.65 Å². The molecule has 1 nitrogen and oxygen atoms in total. The van der Waals surface area contributed by atoms with Crippen LogP contribution in [0.2, 0.25) is 0 Å². The Morgan fingerprint density at radius 1 is 1.60 bits per heavy atom. The molecule has 1 aliphatic rings. The lowest BCUT2D eigenvalue weighted by Gasteiger charge is -2.16. The summed E-state index contributed by atoms with van der Waals surface area (Å²) < 4.78 is -0.203. The third-order valence-corrected chi connectivity index (χ3v) is 2.32. The van der Waals surface area contributed by atoms with Crippen LogP contribution in [0.5, 0.6) is 0 Å². The summed E-state index contributed by atoms with van der Waals surface area (Å²) >= 11 is 6.81. The average molecular weight is 266 g/mol. The van der Waals surface area contributed by atoms with Crippen LogP contribution in [0.25, 0.3) is 0 Å². The zero-order chi connectivity index (χ0) is 7.61. The van der Waals surface area contributed by atoms with Crippen molar-refractivity contribution in [3.63, 3.8) is 0 Å². The van der Waals surface area contributed by atoms with Crippen molar-refractivity contribution >= 4 is 38.1 Å². The van der Waals surface area contributed by atoms with E-state index in [1.54, 1.807) is 0 Å². The van der Waals surface area contributed by atoms with Crippen molar-refractivity contribution in [2.24, 2.45) is 0 Å². The molecule has 3 heteroatoms.